The highest BCUT2D eigenvalue weighted by Gasteiger charge is 2.31. The first-order valence-electron chi connectivity index (χ1n) is 10.4. The Bertz CT molecular complexity index is 965. The van der Waals surface area contributed by atoms with Crippen LogP contribution < -0.4 is 0 Å². The maximum atomic E-state index is 13.4. The highest BCUT2D eigenvalue weighted by molar-refractivity contribution is 5.80. The van der Waals surface area contributed by atoms with Crippen LogP contribution in [0, 0.1) is 18.7 Å². The fourth-order valence-electron chi connectivity index (χ4n) is 4.16. The van der Waals surface area contributed by atoms with Crippen molar-refractivity contribution in [3.63, 3.8) is 0 Å². The normalized spacial score (nSPS) is 15.9. The quantitative estimate of drug-likeness (QED) is 0.628. The molecule has 30 heavy (non-hydrogen) atoms. The zero-order valence-corrected chi connectivity index (χ0v) is 17.1. The van der Waals surface area contributed by atoms with Gasteiger partial charge in [-0.2, -0.15) is 0 Å². The number of amides is 1. The largest absolute Gasteiger partial charge is 0.341 e. The molecular weight excluding hydrogens is 381 g/mol. The first-order chi connectivity index (χ1) is 14.6. The monoisotopic (exact) mass is 407 g/mol. The molecule has 1 saturated heterocycles. The van der Waals surface area contributed by atoms with Crippen molar-refractivity contribution in [1.82, 2.24) is 25.1 Å². The summed E-state index contributed by atoms with van der Waals surface area (Å²) in [6.45, 7) is 3.26. The van der Waals surface area contributed by atoms with E-state index >= 15 is 0 Å². The van der Waals surface area contributed by atoms with Gasteiger partial charge in [0.15, 0.2) is 0 Å². The van der Waals surface area contributed by atoms with Crippen LogP contribution in [0.4, 0.5) is 4.39 Å². The Hall–Kier alpha value is -3.09. The van der Waals surface area contributed by atoms with E-state index in [4.69, 9.17) is 0 Å². The number of halogens is 1. The molecule has 6 nitrogen and oxygen atoms in total. The SMILES string of the molecule is Cc1nnnn1[C@@H](Cc1ccc(F)cc1)C(=O)N1CCC(Cc2ccccc2)CC1. The molecule has 156 valence electrons. The van der Waals surface area contributed by atoms with Gasteiger partial charge in [0.2, 0.25) is 5.91 Å². The molecule has 1 aliphatic rings. The minimum Gasteiger partial charge on any atom is -0.341 e. The molecule has 2 heterocycles. The lowest BCUT2D eigenvalue weighted by Crippen LogP contribution is -2.43. The van der Waals surface area contributed by atoms with Crippen LogP contribution in [0.15, 0.2) is 54.6 Å². The van der Waals surface area contributed by atoms with E-state index in [9.17, 15) is 9.18 Å². The Kier molecular flexibility index (Phi) is 6.16. The molecule has 1 aromatic heterocycles. The van der Waals surface area contributed by atoms with Crippen molar-refractivity contribution < 1.29 is 9.18 Å². The van der Waals surface area contributed by atoms with Gasteiger partial charge in [0.25, 0.3) is 0 Å². The third-order valence-corrected chi connectivity index (χ3v) is 5.87. The molecule has 7 heteroatoms. The van der Waals surface area contributed by atoms with Gasteiger partial charge in [-0.15, -0.1) is 5.10 Å². The van der Waals surface area contributed by atoms with Gasteiger partial charge in [0.05, 0.1) is 0 Å². The second-order valence-corrected chi connectivity index (χ2v) is 7.98. The zero-order valence-electron chi connectivity index (χ0n) is 17.1. The number of aromatic nitrogens is 4. The second-order valence-electron chi connectivity index (χ2n) is 7.98. The number of piperidine rings is 1. The Morgan fingerprint density at radius 1 is 1.07 bits per heavy atom. The zero-order chi connectivity index (χ0) is 20.9. The van der Waals surface area contributed by atoms with Gasteiger partial charge in [0.1, 0.15) is 17.7 Å². The van der Waals surface area contributed by atoms with Crippen LogP contribution in [0.5, 0.6) is 0 Å². The van der Waals surface area contributed by atoms with Crippen molar-refractivity contribution in [3.8, 4) is 0 Å². The number of hydrogen-bond acceptors (Lipinski definition) is 4. The molecule has 0 radical (unpaired) electrons. The maximum Gasteiger partial charge on any atom is 0.247 e. The third kappa shape index (κ3) is 4.72. The van der Waals surface area contributed by atoms with Gasteiger partial charge < -0.3 is 4.90 Å². The average molecular weight is 407 g/mol. The molecular formula is C23H26FN5O. The lowest BCUT2D eigenvalue weighted by atomic mass is 9.90. The van der Waals surface area contributed by atoms with Crippen molar-refractivity contribution in [1.29, 1.82) is 0 Å². The Balaban J connectivity index is 1.44. The molecule has 1 amide bonds. The van der Waals surface area contributed by atoms with E-state index in [0.29, 0.717) is 18.2 Å². The Morgan fingerprint density at radius 2 is 1.77 bits per heavy atom. The van der Waals surface area contributed by atoms with Crippen molar-refractivity contribution >= 4 is 5.91 Å². The lowest BCUT2D eigenvalue weighted by molar-refractivity contribution is -0.136. The van der Waals surface area contributed by atoms with Crippen LogP contribution in [0.25, 0.3) is 0 Å². The van der Waals surface area contributed by atoms with Gasteiger partial charge in [0, 0.05) is 19.5 Å². The van der Waals surface area contributed by atoms with Crippen molar-refractivity contribution in [2.24, 2.45) is 5.92 Å². The number of aryl methyl sites for hydroxylation is 1. The summed E-state index contributed by atoms with van der Waals surface area (Å²) in [7, 11) is 0. The first-order valence-corrected chi connectivity index (χ1v) is 10.4. The number of benzene rings is 2. The van der Waals surface area contributed by atoms with Crippen molar-refractivity contribution in [3.05, 3.63) is 77.4 Å². The summed E-state index contributed by atoms with van der Waals surface area (Å²) >= 11 is 0. The molecule has 0 unspecified atom stereocenters. The Morgan fingerprint density at radius 3 is 2.40 bits per heavy atom. The lowest BCUT2D eigenvalue weighted by Gasteiger charge is -2.34. The van der Waals surface area contributed by atoms with Gasteiger partial charge in [-0.05, 0) is 65.8 Å². The summed E-state index contributed by atoms with van der Waals surface area (Å²) in [6.07, 6.45) is 3.44. The number of rotatable bonds is 6. The van der Waals surface area contributed by atoms with Crippen molar-refractivity contribution in [2.45, 2.75) is 38.6 Å². The minimum atomic E-state index is -0.531. The molecule has 1 fully saturated rings. The molecule has 1 atom stereocenters. The molecule has 3 aromatic rings. The number of nitrogens with zero attached hydrogens (tertiary/aromatic N) is 5. The van der Waals surface area contributed by atoms with Gasteiger partial charge in [-0.25, -0.2) is 9.07 Å². The number of carbonyl (C=O) groups is 1. The van der Waals surface area contributed by atoms with E-state index in [1.54, 1.807) is 23.7 Å². The molecule has 1 aliphatic heterocycles. The van der Waals surface area contributed by atoms with Crippen LogP contribution in [-0.2, 0) is 17.6 Å². The maximum absolute atomic E-state index is 13.4. The fraction of sp³-hybridized carbons (Fsp3) is 0.391. The number of tetrazole rings is 1. The summed E-state index contributed by atoms with van der Waals surface area (Å²) in [5, 5.41) is 11.7. The molecule has 2 aromatic carbocycles. The van der Waals surface area contributed by atoms with Crippen LogP contribution in [-0.4, -0.2) is 44.1 Å². The fourth-order valence-corrected chi connectivity index (χ4v) is 4.16. The third-order valence-electron chi connectivity index (χ3n) is 5.87. The smallest absolute Gasteiger partial charge is 0.247 e. The molecule has 0 saturated carbocycles. The van der Waals surface area contributed by atoms with E-state index < -0.39 is 6.04 Å². The van der Waals surface area contributed by atoms with E-state index in [1.165, 1.54) is 17.7 Å². The van der Waals surface area contributed by atoms with E-state index in [1.807, 2.05) is 11.0 Å². The van der Waals surface area contributed by atoms with Crippen LogP contribution in [0.3, 0.4) is 0 Å². The predicted octanol–water partition coefficient (Wildman–Crippen LogP) is 3.39. The molecule has 4 rings (SSSR count). The van der Waals surface area contributed by atoms with Gasteiger partial charge in [-0.1, -0.05) is 42.5 Å². The summed E-state index contributed by atoms with van der Waals surface area (Å²) in [4.78, 5) is 15.3. The highest BCUT2D eigenvalue weighted by Crippen LogP contribution is 2.25. The second kappa shape index (κ2) is 9.15. The standard InChI is InChI=1S/C23H26FN5O/c1-17-25-26-27-29(17)22(16-19-7-9-21(24)10-8-19)23(30)28-13-11-20(12-14-28)15-18-5-3-2-4-6-18/h2-10,20,22H,11-16H2,1H3/t22-/m0/s1. The molecule has 0 N–H and O–H groups in total. The van der Waals surface area contributed by atoms with E-state index in [2.05, 4.69) is 39.8 Å². The highest BCUT2D eigenvalue weighted by atomic mass is 19.1. The topological polar surface area (TPSA) is 63.9 Å². The molecule has 0 aliphatic carbocycles. The molecule has 0 bridgehead atoms. The molecule has 0 spiro atoms. The average Bonchev–Trinajstić information content (AvgIpc) is 3.20. The summed E-state index contributed by atoms with van der Waals surface area (Å²) in [5.74, 6) is 0.907. The Labute approximate surface area is 175 Å². The number of likely N-dealkylation sites (tertiary alicyclic amines) is 1. The van der Waals surface area contributed by atoms with Crippen molar-refractivity contribution in [2.75, 3.05) is 13.1 Å². The number of carbonyl (C=O) groups excluding carboxylic acids is 1. The van der Waals surface area contributed by atoms with E-state index in [-0.39, 0.29) is 11.7 Å². The summed E-state index contributed by atoms with van der Waals surface area (Å²) < 4.78 is 14.9. The van der Waals surface area contributed by atoms with Crippen LogP contribution in [0.2, 0.25) is 0 Å². The minimum absolute atomic E-state index is 0.0212. The first kappa shape index (κ1) is 20.2. The summed E-state index contributed by atoms with van der Waals surface area (Å²) in [5.41, 5.74) is 2.23. The number of hydrogen-bond donors (Lipinski definition) is 0. The van der Waals surface area contributed by atoms with Crippen LogP contribution >= 0.6 is 0 Å². The van der Waals surface area contributed by atoms with Gasteiger partial charge in [-0.3, -0.25) is 4.79 Å². The summed E-state index contributed by atoms with van der Waals surface area (Å²) in [6, 6.07) is 16.2. The van der Waals surface area contributed by atoms with Gasteiger partial charge >= 0.3 is 0 Å². The van der Waals surface area contributed by atoms with Crippen LogP contribution in [0.1, 0.15) is 35.8 Å². The van der Waals surface area contributed by atoms with E-state index in [0.717, 1.165) is 37.9 Å². The predicted molar refractivity (Wildman–Crippen MR) is 111 cm³/mol.